The normalized spacial score (nSPS) is 10.1. The summed E-state index contributed by atoms with van der Waals surface area (Å²) in [5.74, 6) is 0.391. The van der Waals surface area contributed by atoms with Gasteiger partial charge in [-0.25, -0.2) is 9.97 Å². The Morgan fingerprint density at radius 1 is 1.15 bits per heavy atom. The van der Waals surface area contributed by atoms with Crippen LogP contribution in [0.2, 0.25) is 0 Å². The van der Waals surface area contributed by atoms with Crippen molar-refractivity contribution in [3.8, 4) is 5.75 Å². The highest BCUT2D eigenvalue weighted by Gasteiger charge is 2.14. The number of benzene rings is 1. The second kappa shape index (κ2) is 9.97. The minimum atomic E-state index is -0.465. The van der Waals surface area contributed by atoms with Gasteiger partial charge in [0.15, 0.2) is 6.61 Å². The summed E-state index contributed by atoms with van der Waals surface area (Å²) in [6, 6.07) is 9.15. The molecule has 138 valence electrons. The van der Waals surface area contributed by atoms with Gasteiger partial charge in [0, 0.05) is 38.1 Å². The molecule has 0 saturated heterocycles. The average Bonchev–Trinajstić information content (AvgIpc) is 2.67. The predicted molar refractivity (Wildman–Crippen MR) is 95.6 cm³/mol. The van der Waals surface area contributed by atoms with Crippen LogP contribution in [0.25, 0.3) is 0 Å². The van der Waals surface area contributed by atoms with Crippen molar-refractivity contribution in [2.24, 2.45) is 0 Å². The molecule has 0 atom stereocenters. The molecule has 0 spiro atoms. The fourth-order valence-electron chi connectivity index (χ4n) is 2.17. The van der Waals surface area contributed by atoms with E-state index in [0.717, 1.165) is 5.56 Å². The highest BCUT2D eigenvalue weighted by molar-refractivity contribution is 5.80. The fraction of sp³-hybridized carbons (Fsp3) is 0.333. The number of aromatic nitrogens is 2. The van der Waals surface area contributed by atoms with Crippen LogP contribution >= 0.6 is 0 Å². The van der Waals surface area contributed by atoms with Crippen LogP contribution in [0.5, 0.6) is 5.75 Å². The molecule has 1 aromatic heterocycles. The van der Waals surface area contributed by atoms with E-state index in [1.165, 1.54) is 4.90 Å². The van der Waals surface area contributed by atoms with E-state index in [-0.39, 0.29) is 18.9 Å². The first-order chi connectivity index (χ1) is 12.6. The van der Waals surface area contributed by atoms with Crippen LogP contribution in [0.1, 0.15) is 12.0 Å². The molecule has 0 unspecified atom stereocenters. The maximum absolute atomic E-state index is 12.1. The van der Waals surface area contributed by atoms with Crippen LogP contribution in [0.15, 0.2) is 42.7 Å². The minimum absolute atomic E-state index is 0.113. The van der Waals surface area contributed by atoms with Gasteiger partial charge in [0.1, 0.15) is 5.75 Å². The number of amides is 1. The summed E-state index contributed by atoms with van der Waals surface area (Å²) < 4.78 is 10.3. The SMILES string of the molecule is COc1ccccc1CN(C)C(=O)COC(=O)CCNc1ncccn1. The van der Waals surface area contributed by atoms with Gasteiger partial charge in [0.25, 0.3) is 5.91 Å². The molecule has 1 aromatic carbocycles. The molecular formula is C18H22N4O4. The zero-order valence-electron chi connectivity index (χ0n) is 14.8. The van der Waals surface area contributed by atoms with E-state index < -0.39 is 5.97 Å². The lowest BCUT2D eigenvalue weighted by molar-refractivity contribution is -0.151. The van der Waals surface area contributed by atoms with Crippen molar-refractivity contribution in [2.45, 2.75) is 13.0 Å². The number of esters is 1. The Bertz CT molecular complexity index is 724. The largest absolute Gasteiger partial charge is 0.496 e. The number of hydrogen-bond donors (Lipinski definition) is 1. The zero-order chi connectivity index (χ0) is 18.8. The number of carbonyl (C=O) groups excluding carboxylic acids is 2. The zero-order valence-corrected chi connectivity index (χ0v) is 14.8. The molecular weight excluding hydrogens is 336 g/mol. The molecule has 0 aliphatic rings. The Morgan fingerprint density at radius 2 is 1.88 bits per heavy atom. The lowest BCUT2D eigenvalue weighted by atomic mass is 10.2. The van der Waals surface area contributed by atoms with Crippen LogP contribution in [0, 0.1) is 0 Å². The van der Waals surface area contributed by atoms with Gasteiger partial charge in [-0.1, -0.05) is 18.2 Å². The molecule has 8 nitrogen and oxygen atoms in total. The number of rotatable bonds is 9. The fourth-order valence-corrected chi connectivity index (χ4v) is 2.17. The number of para-hydroxylation sites is 1. The van der Waals surface area contributed by atoms with Gasteiger partial charge in [0.2, 0.25) is 5.95 Å². The third-order valence-corrected chi connectivity index (χ3v) is 3.56. The van der Waals surface area contributed by atoms with Crippen LogP contribution < -0.4 is 10.1 Å². The van der Waals surface area contributed by atoms with Crippen LogP contribution in [0.3, 0.4) is 0 Å². The summed E-state index contributed by atoms with van der Waals surface area (Å²) in [6.45, 7) is 0.397. The quantitative estimate of drug-likeness (QED) is 0.679. The Balaban J connectivity index is 1.70. The van der Waals surface area contributed by atoms with Crippen LogP contribution in [0.4, 0.5) is 5.95 Å². The smallest absolute Gasteiger partial charge is 0.308 e. The maximum Gasteiger partial charge on any atom is 0.308 e. The number of hydrogen-bond acceptors (Lipinski definition) is 7. The average molecular weight is 358 g/mol. The molecule has 0 aliphatic carbocycles. The summed E-state index contributed by atoms with van der Waals surface area (Å²) >= 11 is 0. The standard InChI is InChI=1S/C18H22N4O4/c1-22(12-14-6-3-4-7-15(14)25-2)16(23)13-26-17(24)8-11-21-18-19-9-5-10-20-18/h3-7,9-10H,8,11-13H2,1-2H3,(H,19,20,21). The van der Waals surface area contributed by atoms with Crippen molar-refractivity contribution in [3.05, 3.63) is 48.3 Å². The summed E-state index contributed by atoms with van der Waals surface area (Å²) in [5.41, 5.74) is 0.879. The molecule has 0 saturated carbocycles. The molecule has 0 aliphatic heterocycles. The Kier molecular flexibility index (Phi) is 7.35. The minimum Gasteiger partial charge on any atom is -0.496 e. The molecule has 0 radical (unpaired) electrons. The number of ether oxygens (including phenoxy) is 2. The maximum atomic E-state index is 12.1. The Labute approximate surface area is 152 Å². The summed E-state index contributed by atoms with van der Waals surface area (Å²) in [6.07, 6.45) is 3.32. The van der Waals surface area contributed by atoms with Crippen molar-refractivity contribution in [1.82, 2.24) is 14.9 Å². The highest BCUT2D eigenvalue weighted by Crippen LogP contribution is 2.18. The first kappa shape index (κ1) is 19.2. The molecule has 1 heterocycles. The topological polar surface area (TPSA) is 93.6 Å². The van der Waals surface area contributed by atoms with E-state index in [1.807, 2.05) is 24.3 Å². The monoisotopic (exact) mass is 358 g/mol. The van der Waals surface area contributed by atoms with Crippen molar-refractivity contribution in [2.75, 3.05) is 32.6 Å². The summed E-state index contributed by atoms with van der Waals surface area (Å²) in [4.78, 5) is 33.3. The second-order valence-electron chi connectivity index (χ2n) is 5.47. The van der Waals surface area contributed by atoms with E-state index in [2.05, 4.69) is 15.3 Å². The number of nitrogens with zero attached hydrogens (tertiary/aromatic N) is 3. The molecule has 2 rings (SSSR count). The van der Waals surface area contributed by atoms with Gasteiger partial charge in [-0.05, 0) is 12.1 Å². The van der Waals surface area contributed by atoms with E-state index in [0.29, 0.717) is 24.8 Å². The van der Waals surface area contributed by atoms with Gasteiger partial charge in [-0.3, -0.25) is 9.59 Å². The molecule has 1 N–H and O–H groups in total. The summed E-state index contributed by atoms with van der Waals surface area (Å²) in [5, 5.41) is 2.90. The molecule has 0 bridgehead atoms. The molecule has 26 heavy (non-hydrogen) atoms. The van der Waals surface area contributed by atoms with Gasteiger partial charge in [-0.2, -0.15) is 0 Å². The van der Waals surface area contributed by atoms with Crippen molar-refractivity contribution >= 4 is 17.8 Å². The third-order valence-electron chi connectivity index (χ3n) is 3.56. The van der Waals surface area contributed by atoms with Crippen molar-refractivity contribution in [3.63, 3.8) is 0 Å². The third kappa shape index (κ3) is 6.04. The molecule has 8 heteroatoms. The lowest BCUT2D eigenvalue weighted by Gasteiger charge is -2.18. The Morgan fingerprint density at radius 3 is 2.62 bits per heavy atom. The number of carbonyl (C=O) groups is 2. The van der Waals surface area contributed by atoms with Gasteiger partial charge >= 0.3 is 5.97 Å². The molecule has 0 fully saturated rings. The van der Waals surface area contributed by atoms with E-state index >= 15 is 0 Å². The number of anilines is 1. The first-order valence-corrected chi connectivity index (χ1v) is 8.12. The summed E-state index contributed by atoms with van der Waals surface area (Å²) in [7, 11) is 3.23. The van der Waals surface area contributed by atoms with E-state index in [9.17, 15) is 9.59 Å². The van der Waals surface area contributed by atoms with Crippen molar-refractivity contribution < 1.29 is 19.1 Å². The Hall–Kier alpha value is -3.16. The van der Waals surface area contributed by atoms with Crippen molar-refractivity contribution in [1.29, 1.82) is 0 Å². The second-order valence-corrected chi connectivity index (χ2v) is 5.47. The van der Waals surface area contributed by atoms with E-state index in [4.69, 9.17) is 9.47 Å². The first-order valence-electron chi connectivity index (χ1n) is 8.12. The number of nitrogens with one attached hydrogen (secondary N) is 1. The van der Waals surface area contributed by atoms with Crippen LogP contribution in [-0.4, -0.2) is 54.1 Å². The number of methoxy groups -OCH3 is 1. The van der Waals surface area contributed by atoms with E-state index in [1.54, 1.807) is 32.6 Å². The molecule has 1 amide bonds. The highest BCUT2D eigenvalue weighted by atomic mass is 16.5. The van der Waals surface area contributed by atoms with Gasteiger partial charge in [-0.15, -0.1) is 0 Å². The van der Waals surface area contributed by atoms with Crippen LogP contribution in [-0.2, 0) is 20.9 Å². The van der Waals surface area contributed by atoms with Gasteiger partial charge in [0.05, 0.1) is 13.5 Å². The number of likely N-dealkylation sites (N-methyl/N-ethyl adjacent to an activating group) is 1. The van der Waals surface area contributed by atoms with Gasteiger partial charge < -0.3 is 19.7 Å². The lowest BCUT2D eigenvalue weighted by Crippen LogP contribution is -2.31. The predicted octanol–water partition coefficient (Wildman–Crippen LogP) is 1.49. The molecule has 2 aromatic rings.